The number of hydrogen-bond acceptors (Lipinski definition) is 3. The molecular formula is C24H20N2O2. The van der Waals surface area contributed by atoms with Crippen LogP contribution in [0.15, 0.2) is 89.6 Å². The summed E-state index contributed by atoms with van der Waals surface area (Å²) >= 11 is 0. The maximum absolute atomic E-state index is 13.3. The van der Waals surface area contributed by atoms with Gasteiger partial charge in [-0.2, -0.15) is 0 Å². The Balaban J connectivity index is 1.85. The first-order valence-electron chi connectivity index (χ1n) is 9.07. The smallest absolute Gasteiger partial charge is 0.282 e. The van der Waals surface area contributed by atoms with E-state index in [-0.39, 0.29) is 5.91 Å². The Kier molecular flexibility index (Phi) is 4.77. The van der Waals surface area contributed by atoms with E-state index in [9.17, 15) is 4.79 Å². The second-order valence-corrected chi connectivity index (χ2v) is 6.55. The molecule has 0 aliphatic carbocycles. The largest absolute Gasteiger partial charge is 0.496 e. The molecular weight excluding hydrogens is 348 g/mol. The third-order valence-corrected chi connectivity index (χ3v) is 4.60. The third-order valence-electron chi connectivity index (χ3n) is 4.60. The highest BCUT2D eigenvalue weighted by Gasteiger charge is 2.33. The molecule has 0 atom stereocenters. The van der Waals surface area contributed by atoms with E-state index in [1.165, 1.54) is 5.56 Å². The summed E-state index contributed by atoms with van der Waals surface area (Å²) in [6, 6.07) is 25.1. The molecule has 0 aromatic heterocycles. The second kappa shape index (κ2) is 7.53. The van der Waals surface area contributed by atoms with Gasteiger partial charge in [-0.3, -0.25) is 9.69 Å². The number of para-hydroxylation sites is 2. The molecule has 138 valence electrons. The van der Waals surface area contributed by atoms with Crippen molar-refractivity contribution in [3.63, 3.8) is 0 Å². The summed E-state index contributed by atoms with van der Waals surface area (Å²) in [7, 11) is 1.62. The number of amidine groups is 1. The van der Waals surface area contributed by atoms with E-state index in [0.29, 0.717) is 17.3 Å². The highest BCUT2D eigenvalue weighted by Crippen LogP contribution is 2.31. The van der Waals surface area contributed by atoms with E-state index in [2.05, 4.69) is 0 Å². The van der Waals surface area contributed by atoms with Gasteiger partial charge < -0.3 is 4.74 Å². The maximum atomic E-state index is 13.3. The number of aryl methyl sites for hydroxylation is 1. The second-order valence-electron chi connectivity index (χ2n) is 6.55. The predicted molar refractivity (Wildman–Crippen MR) is 113 cm³/mol. The van der Waals surface area contributed by atoms with Gasteiger partial charge in [0.05, 0.1) is 18.4 Å². The molecule has 1 aliphatic heterocycles. The van der Waals surface area contributed by atoms with Crippen LogP contribution in [0.1, 0.15) is 16.7 Å². The quantitative estimate of drug-likeness (QED) is 0.619. The van der Waals surface area contributed by atoms with Gasteiger partial charge in [0.25, 0.3) is 5.91 Å². The van der Waals surface area contributed by atoms with Crippen LogP contribution in [-0.2, 0) is 4.79 Å². The number of rotatable bonds is 4. The van der Waals surface area contributed by atoms with Gasteiger partial charge in [-0.25, -0.2) is 4.99 Å². The number of carbonyl (C=O) groups excluding carboxylic acids is 1. The fourth-order valence-electron chi connectivity index (χ4n) is 3.16. The number of methoxy groups -OCH3 is 1. The highest BCUT2D eigenvalue weighted by molar-refractivity contribution is 6.33. The van der Waals surface area contributed by atoms with Crippen LogP contribution in [0, 0.1) is 6.92 Å². The van der Waals surface area contributed by atoms with Crippen molar-refractivity contribution in [1.29, 1.82) is 0 Å². The van der Waals surface area contributed by atoms with Crippen molar-refractivity contribution in [2.24, 2.45) is 4.99 Å². The molecule has 28 heavy (non-hydrogen) atoms. The number of aliphatic imine (C=N–C) groups is 1. The van der Waals surface area contributed by atoms with E-state index in [0.717, 1.165) is 16.8 Å². The van der Waals surface area contributed by atoms with Gasteiger partial charge in [0.1, 0.15) is 11.4 Å². The van der Waals surface area contributed by atoms with Crippen molar-refractivity contribution in [2.45, 2.75) is 6.92 Å². The van der Waals surface area contributed by atoms with E-state index in [1.54, 1.807) is 12.0 Å². The SMILES string of the molecule is COc1ccccc1C1=N/C(=C/c2ccc(C)cc2)C(=O)N1c1ccccc1. The molecule has 1 heterocycles. The molecule has 0 saturated carbocycles. The van der Waals surface area contributed by atoms with E-state index in [1.807, 2.05) is 91.9 Å². The molecule has 1 amide bonds. The molecule has 0 bridgehead atoms. The summed E-state index contributed by atoms with van der Waals surface area (Å²) in [6.45, 7) is 2.03. The maximum Gasteiger partial charge on any atom is 0.282 e. The van der Waals surface area contributed by atoms with Gasteiger partial charge in [0.15, 0.2) is 5.84 Å². The number of ether oxygens (including phenoxy) is 1. The summed E-state index contributed by atoms with van der Waals surface area (Å²) in [5, 5.41) is 0. The van der Waals surface area contributed by atoms with Gasteiger partial charge in [0.2, 0.25) is 0 Å². The molecule has 4 rings (SSSR count). The van der Waals surface area contributed by atoms with E-state index in [4.69, 9.17) is 9.73 Å². The molecule has 0 fully saturated rings. The van der Waals surface area contributed by atoms with Crippen LogP contribution >= 0.6 is 0 Å². The first kappa shape index (κ1) is 17.7. The van der Waals surface area contributed by atoms with Crippen molar-refractivity contribution in [1.82, 2.24) is 0 Å². The topological polar surface area (TPSA) is 41.9 Å². The Hall–Kier alpha value is -3.66. The summed E-state index contributed by atoms with van der Waals surface area (Å²) in [5.74, 6) is 1.08. The zero-order valence-corrected chi connectivity index (χ0v) is 15.8. The average molecular weight is 368 g/mol. The standard InChI is InChI=1S/C24H20N2O2/c1-17-12-14-18(15-13-17)16-21-24(27)26(19-8-4-3-5-9-19)23(25-21)20-10-6-7-11-22(20)28-2/h3-16H,1-2H3/b21-16+. The van der Waals surface area contributed by atoms with Crippen LogP contribution in [-0.4, -0.2) is 18.9 Å². The number of benzene rings is 3. The highest BCUT2D eigenvalue weighted by atomic mass is 16.5. The Morgan fingerprint density at radius 3 is 2.29 bits per heavy atom. The molecule has 4 heteroatoms. The number of hydrogen-bond donors (Lipinski definition) is 0. The number of carbonyl (C=O) groups is 1. The van der Waals surface area contributed by atoms with Crippen LogP contribution in [0.5, 0.6) is 5.75 Å². The molecule has 3 aromatic carbocycles. The Morgan fingerprint density at radius 1 is 0.893 bits per heavy atom. The summed E-state index contributed by atoms with van der Waals surface area (Å²) in [4.78, 5) is 19.6. The predicted octanol–water partition coefficient (Wildman–Crippen LogP) is 4.84. The van der Waals surface area contributed by atoms with Crippen molar-refractivity contribution in [3.05, 3.63) is 101 Å². The van der Waals surface area contributed by atoms with Crippen LogP contribution in [0.25, 0.3) is 6.08 Å². The zero-order valence-electron chi connectivity index (χ0n) is 15.8. The molecule has 0 spiro atoms. The van der Waals surface area contributed by atoms with Gasteiger partial charge in [-0.15, -0.1) is 0 Å². The molecule has 4 nitrogen and oxygen atoms in total. The molecule has 0 N–H and O–H groups in total. The Morgan fingerprint density at radius 2 is 1.57 bits per heavy atom. The van der Waals surface area contributed by atoms with Crippen LogP contribution in [0.2, 0.25) is 0 Å². The fraction of sp³-hybridized carbons (Fsp3) is 0.0833. The first-order valence-corrected chi connectivity index (χ1v) is 9.07. The fourth-order valence-corrected chi connectivity index (χ4v) is 3.16. The van der Waals surface area contributed by atoms with Crippen LogP contribution < -0.4 is 9.64 Å². The van der Waals surface area contributed by atoms with Crippen molar-refractivity contribution < 1.29 is 9.53 Å². The molecule has 0 radical (unpaired) electrons. The summed E-state index contributed by atoms with van der Waals surface area (Å²) < 4.78 is 5.51. The lowest BCUT2D eigenvalue weighted by Crippen LogP contribution is -2.32. The minimum absolute atomic E-state index is 0.160. The average Bonchev–Trinajstić information content (AvgIpc) is 3.06. The molecule has 1 aliphatic rings. The monoisotopic (exact) mass is 368 g/mol. The molecule has 3 aromatic rings. The summed E-state index contributed by atoms with van der Waals surface area (Å²) in [6.07, 6.45) is 1.82. The van der Waals surface area contributed by atoms with Gasteiger partial charge in [-0.1, -0.05) is 60.2 Å². The van der Waals surface area contributed by atoms with Gasteiger partial charge >= 0.3 is 0 Å². The zero-order chi connectivity index (χ0) is 19.5. The number of nitrogens with zero attached hydrogens (tertiary/aromatic N) is 2. The van der Waals surface area contributed by atoms with E-state index < -0.39 is 0 Å². The van der Waals surface area contributed by atoms with Crippen LogP contribution in [0.3, 0.4) is 0 Å². The Bertz CT molecular complexity index is 1070. The van der Waals surface area contributed by atoms with Gasteiger partial charge in [-0.05, 0) is 42.8 Å². The summed E-state index contributed by atoms with van der Waals surface area (Å²) in [5.41, 5.74) is 4.04. The number of anilines is 1. The van der Waals surface area contributed by atoms with Crippen molar-refractivity contribution in [2.75, 3.05) is 12.0 Å². The van der Waals surface area contributed by atoms with Gasteiger partial charge in [0, 0.05) is 0 Å². The third kappa shape index (κ3) is 3.32. The Labute approximate surface area is 164 Å². The molecule has 0 saturated heterocycles. The lowest BCUT2D eigenvalue weighted by atomic mass is 10.1. The van der Waals surface area contributed by atoms with Crippen molar-refractivity contribution >= 4 is 23.5 Å². The normalized spacial score (nSPS) is 15.1. The van der Waals surface area contributed by atoms with Crippen LogP contribution in [0.4, 0.5) is 5.69 Å². The van der Waals surface area contributed by atoms with Crippen molar-refractivity contribution in [3.8, 4) is 5.75 Å². The molecule has 0 unspecified atom stereocenters. The first-order chi connectivity index (χ1) is 13.7. The lowest BCUT2D eigenvalue weighted by molar-refractivity contribution is -0.113. The van der Waals surface area contributed by atoms with E-state index >= 15 is 0 Å². The lowest BCUT2D eigenvalue weighted by Gasteiger charge is -2.19. The minimum Gasteiger partial charge on any atom is -0.496 e. The number of amides is 1. The minimum atomic E-state index is -0.160.